The predicted octanol–water partition coefficient (Wildman–Crippen LogP) is 2.17. The largest absolute Gasteiger partial charge is 0.494 e. The fourth-order valence-electron chi connectivity index (χ4n) is 2.04. The molecular formula is C15H24N2O2. The van der Waals surface area contributed by atoms with E-state index in [1.807, 2.05) is 38.1 Å². The van der Waals surface area contributed by atoms with Gasteiger partial charge in [-0.15, -0.1) is 0 Å². The molecule has 3 N–H and O–H groups in total. The molecule has 4 nitrogen and oxygen atoms in total. The van der Waals surface area contributed by atoms with Gasteiger partial charge >= 0.3 is 0 Å². The van der Waals surface area contributed by atoms with Crippen LogP contribution in [0.25, 0.3) is 0 Å². The van der Waals surface area contributed by atoms with Crippen molar-refractivity contribution in [2.24, 2.45) is 5.73 Å². The molecule has 0 aromatic heterocycles. The molecule has 19 heavy (non-hydrogen) atoms. The molecule has 0 saturated heterocycles. The van der Waals surface area contributed by atoms with E-state index in [4.69, 9.17) is 10.5 Å². The lowest BCUT2D eigenvalue weighted by atomic mass is 9.89. The molecular weight excluding hydrogens is 240 g/mol. The molecule has 0 bridgehead atoms. The zero-order valence-corrected chi connectivity index (χ0v) is 12.2. The van der Waals surface area contributed by atoms with Crippen LogP contribution in [-0.4, -0.2) is 18.6 Å². The summed E-state index contributed by atoms with van der Waals surface area (Å²) in [6, 6.07) is 7.70. The summed E-state index contributed by atoms with van der Waals surface area (Å²) in [4.78, 5) is 11.9. The van der Waals surface area contributed by atoms with Crippen LogP contribution in [0, 0.1) is 0 Å². The summed E-state index contributed by atoms with van der Waals surface area (Å²) in [6.07, 6.45) is 0.916. The van der Waals surface area contributed by atoms with Gasteiger partial charge in [-0.05, 0) is 33.3 Å². The summed E-state index contributed by atoms with van der Waals surface area (Å²) in [7, 11) is 0. The van der Waals surface area contributed by atoms with E-state index < -0.39 is 11.4 Å². The Morgan fingerprint density at radius 2 is 2.05 bits per heavy atom. The molecule has 0 heterocycles. The summed E-state index contributed by atoms with van der Waals surface area (Å²) >= 11 is 0. The Hall–Kier alpha value is -1.55. The molecule has 0 radical (unpaired) electrons. The molecule has 0 saturated carbocycles. The number of primary amides is 1. The molecule has 0 spiro atoms. The lowest BCUT2D eigenvalue weighted by molar-refractivity contribution is -0.124. The van der Waals surface area contributed by atoms with E-state index in [0.29, 0.717) is 12.4 Å². The van der Waals surface area contributed by atoms with Crippen LogP contribution < -0.4 is 15.8 Å². The number of ether oxygens (including phenoxy) is 1. The minimum atomic E-state index is -0.929. The number of rotatable bonds is 7. The maximum absolute atomic E-state index is 11.9. The zero-order valence-electron chi connectivity index (χ0n) is 12.2. The van der Waals surface area contributed by atoms with Crippen LogP contribution in [0.2, 0.25) is 0 Å². The number of hydrogen-bond acceptors (Lipinski definition) is 3. The fourth-order valence-corrected chi connectivity index (χ4v) is 2.04. The van der Waals surface area contributed by atoms with E-state index in [-0.39, 0.29) is 6.04 Å². The maximum Gasteiger partial charge on any atom is 0.242 e. The molecule has 1 rings (SSSR count). The highest BCUT2D eigenvalue weighted by Gasteiger charge is 2.36. The minimum Gasteiger partial charge on any atom is -0.494 e. The SMILES string of the molecule is CCOc1ccccc1C(C)(NC(C)CC)C(N)=O. The van der Waals surface area contributed by atoms with Crippen molar-refractivity contribution in [3.8, 4) is 5.75 Å². The first-order valence-corrected chi connectivity index (χ1v) is 6.75. The second kappa shape index (κ2) is 6.57. The fraction of sp³-hybridized carbons (Fsp3) is 0.533. The second-order valence-corrected chi connectivity index (χ2v) is 4.87. The Morgan fingerprint density at radius 3 is 2.58 bits per heavy atom. The van der Waals surface area contributed by atoms with E-state index in [2.05, 4.69) is 12.2 Å². The van der Waals surface area contributed by atoms with Crippen molar-refractivity contribution < 1.29 is 9.53 Å². The Kier molecular flexibility index (Phi) is 5.36. The normalized spacial score (nSPS) is 15.6. The monoisotopic (exact) mass is 264 g/mol. The average molecular weight is 264 g/mol. The number of para-hydroxylation sites is 1. The van der Waals surface area contributed by atoms with Crippen molar-refractivity contribution in [2.45, 2.75) is 45.7 Å². The van der Waals surface area contributed by atoms with Gasteiger partial charge < -0.3 is 10.5 Å². The Bertz CT molecular complexity index is 434. The first-order valence-electron chi connectivity index (χ1n) is 6.75. The lowest BCUT2D eigenvalue weighted by Gasteiger charge is -2.32. The number of hydrogen-bond donors (Lipinski definition) is 2. The van der Waals surface area contributed by atoms with E-state index >= 15 is 0 Å². The Balaban J connectivity index is 3.22. The molecule has 0 aliphatic carbocycles. The molecule has 1 aromatic carbocycles. The van der Waals surface area contributed by atoms with Crippen LogP contribution in [0.4, 0.5) is 0 Å². The predicted molar refractivity (Wildman–Crippen MR) is 77.0 cm³/mol. The standard InChI is InChI=1S/C15H24N2O2/c1-5-11(3)17-15(4,14(16)18)12-9-7-8-10-13(12)19-6-2/h7-11,17H,5-6H2,1-4H3,(H2,16,18). The van der Waals surface area contributed by atoms with Crippen LogP contribution in [-0.2, 0) is 10.3 Å². The number of amides is 1. The van der Waals surface area contributed by atoms with Crippen LogP contribution in [0.15, 0.2) is 24.3 Å². The molecule has 0 aliphatic rings. The van der Waals surface area contributed by atoms with Crippen LogP contribution in [0.5, 0.6) is 5.75 Å². The highest BCUT2D eigenvalue weighted by Crippen LogP contribution is 2.30. The zero-order chi connectivity index (χ0) is 14.5. The number of benzene rings is 1. The summed E-state index contributed by atoms with van der Waals surface area (Å²) in [6.45, 7) is 8.37. The van der Waals surface area contributed by atoms with Gasteiger partial charge in [0.25, 0.3) is 0 Å². The molecule has 2 unspecified atom stereocenters. The number of nitrogens with one attached hydrogen (secondary N) is 1. The third-order valence-corrected chi connectivity index (χ3v) is 3.37. The first-order chi connectivity index (χ1) is 8.95. The first kappa shape index (κ1) is 15.5. The molecule has 0 fully saturated rings. The highest BCUT2D eigenvalue weighted by atomic mass is 16.5. The second-order valence-electron chi connectivity index (χ2n) is 4.87. The minimum absolute atomic E-state index is 0.187. The van der Waals surface area contributed by atoms with Crippen LogP contribution in [0.1, 0.15) is 39.7 Å². The number of carbonyl (C=O) groups excluding carboxylic acids is 1. The van der Waals surface area contributed by atoms with Gasteiger partial charge in [0.2, 0.25) is 5.91 Å². The molecule has 0 aliphatic heterocycles. The maximum atomic E-state index is 11.9. The average Bonchev–Trinajstić information content (AvgIpc) is 2.39. The van der Waals surface area contributed by atoms with Crippen molar-refractivity contribution in [1.29, 1.82) is 0 Å². The van der Waals surface area contributed by atoms with Gasteiger partial charge in [0.05, 0.1) is 6.61 Å². The van der Waals surface area contributed by atoms with Gasteiger partial charge in [0.15, 0.2) is 0 Å². The number of nitrogens with two attached hydrogens (primary N) is 1. The van der Waals surface area contributed by atoms with Crippen molar-refractivity contribution in [3.05, 3.63) is 29.8 Å². The van der Waals surface area contributed by atoms with Gasteiger partial charge in [-0.2, -0.15) is 0 Å². The summed E-state index contributed by atoms with van der Waals surface area (Å²) in [5.74, 6) is 0.294. The van der Waals surface area contributed by atoms with E-state index in [0.717, 1.165) is 12.0 Å². The van der Waals surface area contributed by atoms with E-state index in [1.54, 1.807) is 6.92 Å². The van der Waals surface area contributed by atoms with Crippen molar-refractivity contribution in [3.63, 3.8) is 0 Å². The third-order valence-electron chi connectivity index (χ3n) is 3.37. The van der Waals surface area contributed by atoms with Crippen LogP contribution >= 0.6 is 0 Å². The topological polar surface area (TPSA) is 64.3 Å². The van der Waals surface area contributed by atoms with Crippen LogP contribution in [0.3, 0.4) is 0 Å². The lowest BCUT2D eigenvalue weighted by Crippen LogP contribution is -2.53. The quantitative estimate of drug-likeness (QED) is 0.793. The van der Waals surface area contributed by atoms with Gasteiger partial charge in [-0.1, -0.05) is 25.1 Å². The molecule has 1 amide bonds. The molecule has 2 atom stereocenters. The van der Waals surface area contributed by atoms with Crippen molar-refractivity contribution >= 4 is 5.91 Å². The Labute approximate surface area is 115 Å². The molecule has 4 heteroatoms. The summed E-state index contributed by atoms with van der Waals surface area (Å²) in [5, 5.41) is 3.30. The van der Waals surface area contributed by atoms with Gasteiger partial charge in [0, 0.05) is 11.6 Å². The molecule has 1 aromatic rings. The summed E-state index contributed by atoms with van der Waals surface area (Å²) in [5.41, 5.74) is 5.47. The Morgan fingerprint density at radius 1 is 1.42 bits per heavy atom. The van der Waals surface area contributed by atoms with Crippen molar-refractivity contribution in [1.82, 2.24) is 5.32 Å². The summed E-state index contributed by atoms with van der Waals surface area (Å²) < 4.78 is 5.60. The molecule has 106 valence electrons. The number of carbonyl (C=O) groups is 1. The highest BCUT2D eigenvalue weighted by molar-refractivity contribution is 5.86. The van der Waals surface area contributed by atoms with Gasteiger partial charge in [-0.25, -0.2) is 0 Å². The van der Waals surface area contributed by atoms with Gasteiger partial charge in [0.1, 0.15) is 11.3 Å². The van der Waals surface area contributed by atoms with E-state index in [9.17, 15) is 4.79 Å². The van der Waals surface area contributed by atoms with Crippen molar-refractivity contribution in [2.75, 3.05) is 6.61 Å². The van der Waals surface area contributed by atoms with Gasteiger partial charge in [-0.3, -0.25) is 10.1 Å². The van der Waals surface area contributed by atoms with E-state index in [1.165, 1.54) is 0 Å². The smallest absolute Gasteiger partial charge is 0.242 e. The third kappa shape index (κ3) is 3.47.